The van der Waals surface area contributed by atoms with E-state index in [1.54, 1.807) is 11.3 Å². The topological polar surface area (TPSA) is 33.2 Å². The van der Waals surface area contributed by atoms with Crippen LogP contribution >= 0.6 is 11.3 Å². The lowest BCUT2D eigenvalue weighted by Crippen LogP contribution is -2.53. The summed E-state index contributed by atoms with van der Waals surface area (Å²) >= 11 is 1.68. The molecule has 1 fully saturated rings. The van der Waals surface area contributed by atoms with Crippen LogP contribution in [0.4, 0.5) is 0 Å². The van der Waals surface area contributed by atoms with E-state index in [2.05, 4.69) is 30.7 Å². The van der Waals surface area contributed by atoms with Crippen LogP contribution in [0, 0.1) is 13.8 Å². The van der Waals surface area contributed by atoms with Crippen LogP contribution in [0.5, 0.6) is 0 Å². The molecule has 1 aromatic rings. The predicted molar refractivity (Wildman–Crippen MR) is 84.4 cm³/mol. The highest BCUT2D eigenvalue weighted by Gasteiger charge is 2.44. The van der Waals surface area contributed by atoms with E-state index in [1.165, 1.54) is 17.7 Å². The SMILES string of the molecule is CCN(CC)C1(C(=O)Cc2nc(C)c(C)s2)CCCC1. The summed E-state index contributed by atoms with van der Waals surface area (Å²) in [4.78, 5) is 21.1. The molecule has 0 spiro atoms. The molecule has 0 radical (unpaired) electrons. The molecule has 112 valence electrons. The molecule has 3 nitrogen and oxygen atoms in total. The Balaban J connectivity index is 2.19. The zero-order valence-electron chi connectivity index (χ0n) is 13.2. The number of carbonyl (C=O) groups excluding carboxylic acids is 1. The molecule has 0 aliphatic heterocycles. The molecule has 0 unspecified atom stereocenters. The number of hydrogen-bond donors (Lipinski definition) is 0. The standard InChI is InChI=1S/C16H26N2OS/c1-5-18(6-2)16(9-7-8-10-16)14(19)11-15-17-12(3)13(4)20-15/h5-11H2,1-4H3. The second-order valence-electron chi connectivity index (χ2n) is 5.76. The third-order valence-corrected chi connectivity index (χ3v) is 5.78. The van der Waals surface area contributed by atoms with Gasteiger partial charge in [-0.15, -0.1) is 11.3 Å². The van der Waals surface area contributed by atoms with Gasteiger partial charge in [-0.05, 0) is 39.8 Å². The summed E-state index contributed by atoms with van der Waals surface area (Å²) < 4.78 is 0. The second-order valence-corrected chi connectivity index (χ2v) is 7.05. The Morgan fingerprint density at radius 1 is 1.25 bits per heavy atom. The van der Waals surface area contributed by atoms with Gasteiger partial charge in [0.15, 0.2) is 5.78 Å². The maximum Gasteiger partial charge on any atom is 0.159 e. The number of aryl methyl sites for hydroxylation is 2. The van der Waals surface area contributed by atoms with Crippen LogP contribution in [0.3, 0.4) is 0 Å². The Bertz CT molecular complexity index is 451. The summed E-state index contributed by atoms with van der Waals surface area (Å²) in [5.74, 6) is 0.382. The average Bonchev–Trinajstić information content (AvgIpc) is 3.00. The van der Waals surface area contributed by atoms with Gasteiger partial charge < -0.3 is 0 Å². The van der Waals surface area contributed by atoms with Gasteiger partial charge in [0.1, 0.15) is 5.01 Å². The fraction of sp³-hybridized carbons (Fsp3) is 0.750. The summed E-state index contributed by atoms with van der Waals surface area (Å²) in [5.41, 5.74) is 0.859. The van der Waals surface area contributed by atoms with Gasteiger partial charge in [-0.3, -0.25) is 9.69 Å². The summed E-state index contributed by atoms with van der Waals surface area (Å²) in [6, 6.07) is 0. The minimum atomic E-state index is -0.211. The molecular weight excluding hydrogens is 268 g/mol. The van der Waals surface area contributed by atoms with E-state index in [9.17, 15) is 4.79 Å². The minimum Gasteiger partial charge on any atom is -0.297 e. The van der Waals surface area contributed by atoms with Crippen molar-refractivity contribution in [2.45, 2.75) is 65.3 Å². The Morgan fingerprint density at radius 3 is 2.30 bits per heavy atom. The fourth-order valence-electron chi connectivity index (χ4n) is 3.48. The van der Waals surface area contributed by atoms with Crippen molar-refractivity contribution in [3.8, 4) is 0 Å². The van der Waals surface area contributed by atoms with Crippen LogP contribution in [0.1, 0.15) is 55.1 Å². The smallest absolute Gasteiger partial charge is 0.159 e. The van der Waals surface area contributed by atoms with Crippen molar-refractivity contribution in [2.75, 3.05) is 13.1 Å². The first-order valence-electron chi connectivity index (χ1n) is 7.74. The number of Topliss-reactive ketones (excluding diaryl/α,β-unsaturated/α-hetero) is 1. The Hall–Kier alpha value is -0.740. The lowest BCUT2D eigenvalue weighted by atomic mass is 9.88. The number of likely N-dealkylation sites (N-methyl/N-ethyl adjacent to an activating group) is 1. The average molecular weight is 294 g/mol. The van der Waals surface area contributed by atoms with Crippen LogP contribution in [0.2, 0.25) is 0 Å². The molecule has 1 aliphatic rings. The monoisotopic (exact) mass is 294 g/mol. The quantitative estimate of drug-likeness (QED) is 0.805. The zero-order chi connectivity index (χ0) is 14.8. The number of rotatable bonds is 6. The van der Waals surface area contributed by atoms with Gasteiger partial charge in [0.05, 0.1) is 17.7 Å². The van der Waals surface area contributed by atoms with E-state index < -0.39 is 0 Å². The van der Waals surface area contributed by atoms with Crippen LogP contribution in [0.15, 0.2) is 0 Å². The van der Waals surface area contributed by atoms with Gasteiger partial charge in [0.2, 0.25) is 0 Å². The minimum absolute atomic E-state index is 0.211. The van der Waals surface area contributed by atoms with Crippen molar-refractivity contribution < 1.29 is 4.79 Å². The van der Waals surface area contributed by atoms with Crippen molar-refractivity contribution in [2.24, 2.45) is 0 Å². The molecule has 0 atom stereocenters. The molecule has 2 rings (SSSR count). The number of hydrogen-bond acceptors (Lipinski definition) is 4. The normalized spacial score (nSPS) is 17.9. The van der Waals surface area contributed by atoms with Gasteiger partial charge in [-0.2, -0.15) is 0 Å². The van der Waals surface area contributed by atoms with Gasteiger partial charge in [0, 0.05) is 4.88 Å². The molecule has 0 bridgehead atoms. The lowest BCUT2D eigenvalue weighted by Gasteiger charge is -2.39. The highest BCUT2D eigenvalue weighted by atomic mass is 32.1. The number of thiazole rings is 1. The van der Waals surface area contributed by atoms with Gasteiger partial charge in [-0.25, -0.2) is 4.98 Å². The second kappa shape index (κ2) is 6.35. The van der Waals surface area contributed by atoms with Gasteiger partial charge in [0.25, 0.3) is 0 Å². The van der Waals surface area contributed by atoms with Crippen LogP contribution < -0.4 is 0 Å². The first-order valence-corrected chi connectivity index (χ1v) is 8.56. The van der Waals surface area contributed by atoms with E-state index in [-0.39, 0.29) is 5.54 Å². The molecule has 4 heteroatoms. The fourth-order valence-corrected chi connectivity index (χ4v) is 4.41. The van der Waals surface area contributed by atoms with Gasteiger partial charge >= 0.3 is 0 Å². The molecule has 0 aromatic carbocycles. The molecule has 0 amide bonds. The van der Waals surface area contributed by atoms with Crippen LogP contribution in [-0.4, -0.2) is 34.3 Å². The molecule has 20 heavy (non-hydrogen) atoms. The van der Waals surface area contributed by atoms with E-state index in [0.717, 1.165) is 36.6 Å². The number of nitrogens with zero attached hydrogens (tertiary/aromatic N) is 2. The van der Waals surface area contributed by atoms with Crippen molar-refractivity contribution in [1.82, 2.24) is 9.88 Å². The molecule has 1 saturated carbocycles. The van der Waals surface area contributed by atoms with Crippen molar-refractivity contribution in [3.05, 3.63) is 15.6 Å². The molecule has 0 N–H and O–H groups in total. The summed E-state index contributed by atoms with van der Waals surface area (Å²) in [6.45, 7) is 10.3. The van der Waals surface area contributed by atoms with E-state index in [4.69, 9.17) is 0 Å². The van der Waals surface area contributed by atoms with Crippen LogP contribution in [0.25, 0.3) is 0 Å². The lowest BCUT2D eigenvalue weighted by molar-refractivity contribution is -0.130. The Kier molecular flexibility index (Phi) is 4.97. The molecular formula is C16H26N2OS. The largest absolute Gasteiger partial charge is 0.297 e. The molecule has 1 aromatic heterocycles. The summed E-state index contributed by atoms with van der Waals surface area (Å²) in [6.07, 6.45) is 4.92. The maximum absolute atomic E-state index is 12.9. The van der Waals surface area contributed by atoms with E-state index in [0.29, 0.717) is 12.2 Å². The van der Waals surface area contributed by atoms with Crippen molar-refractivity contribution >= 4 is 17.1 Å². The maximum atomic E-state index is 12.9. The first-order chi connectivity index (χ1) is 9.53. The third kappa shape index (κ3) is 2.82. The molecule has 1 aliphatic carbocycles. The van der Waals surface area contributed by atoms with E-state index >= 15 is 0 Å². The van der Waals surface area contributed by atoms with E-state index in [1.807, 2.05) is 6.92 Å². The molecule has 0 saturated heterocycles. The van der Waals surface area contributed by atoms with Crippen LogP contribution in [-0.2, 0) is 11.2 Å². The molecule has 1 heterocycles. The van der Waals surface area contributed by atoms with Crippen molar-refractivity contribution in [1.29, 1.82) is 0 Å². The Labute approximate surface area is 126 Å². The summed E-state index contributed by atoms with van der Waals surface area (Å²) in [7, 11) is 0. The summed E-state index contributed by atoms with van der Waals surface area (Å²) in [5, 5.41) is 0.989. The highest BCUT2D eigenvalue weighted by molar-refractivity contribution is 7.11. The number of aromatic nitrogens is 1. The third-order valence-electron chi connectivity index (χ3n) is 4.70. The number of carbonyl (C=O) groups is 1. The van der Waals surface area contributed by atoms with Crippen molar-refractivity contribution in [3.63, 3.8) is 0 Å². The predicted octanol–water partition coefficient (Wildman–Crippen LogP) is 3.53. The zero-order valence-corrected chi connectivity index (χ0v) is 14.0. The highest BCUT2D eigenvalue weighted by Crippen LogP contribution is 2.37. The first kappa shape index (κ1) is 15.6. The Morgan fingerprint density at radius 2 is 1.85 bits per heavy atom. The number of ketones is 1. The van der Waals surface area contributed by atoms with Gasteiger partial charge in [-0.1, -0.05) is 26.7 Å².